The summed E-state index contributed by atoms with van der Waals surface area (Å²) in [4.78, 5) is 0. The van der Waals surface area contributed by atoms with Crippen LogP contribution in [0.4, 0.5) is 0 Å². The molecule has 1 fully saturated rings. The van der Waals surface area contributed by atoms with Crippen molar-refractivity contribution in [3.8, 4) is 0 Å². The highest BCUT2D eigenvalue weighted by molar-refractivity contribution is 5.26. The summed E-state index contributed by atoms with van der Waals surface area (Å²) in [6.07, 6.45) is 8.23. The summed E-state index contributed by atoms with van der Waals surface area (Å²) >= 11 is 0. The van der Waals surface area contributed by atoms with Gasteiger partial charge in [-0.15, -0.1) is 0 Å². The molecule has 0 heterocycles. The molecule has 0 aromatic heterocycles. The third kappa shape index (κ3) is 4.60. The molecule has 1 aliphatic rings. The number of hydrogen-bond donors (Lipinski definition) is 1. The Morgan fingerprint density at radius 1 is 1.10 bits per heavy atom. The van der Waals surface area contributed by atoms with Crippen LogP contribution in [0.15, 0.2) is 24.3 Å². The van der Waals surface area contributed by atoms with Crippen molar-refractivity contribution in [3.63, 3.8) is 0 Å². The normalized spacial score (nSPS) is 23.5. The van der Waals surface area contributed by atoms with Gasteiger partial charge in [-0.05, 0) is 36.3 Å². The molecule has 0 radical (unpaired) electrons. The molecule has 0 aliphatic heterocycles. The van der Waals surface area contributed by atoms with E-state index in [4.69, 9.17) is 4.74 Å². The second-order valence-electron chi connectivity index (χ2n) is 6.06. The van der Waals surface area contributed by atoms with E-state index in [0.29, 0.717) is 12.6 Å². The number of methoxy groups -OCH3 is 1. The van der Waals surface area contributed by atoms with Crippen molar-refractivity contribution >= 4 is 0 Å². The summed E-state index contributed by atoms with van der Waals surface area (Å²) < 4.78 is 5.28. The third-order valence-corrected chi connectivity index (χ3v) is 4.67. The van der Waals surface area contributed by atoms with Crippen molar-refractivity contribution in [1.29, 1.82) is 0 Å². The monoisotopic (exact) mass is 275 g/mol. The first kappa shape index (κ1) is 15.5. The van der Waals surface area contributed by atoms with Gasteiger partial charge in [-0.3, -0.25) is 0 Å². The van der Waals surface area contributed by atoms with E-state index in [-0.39, 0.29) is 0 Å². The van der Waals surface area contributed by atoms with Crippen LogP contribution >= 0.6 is 0 Å². The molecule has 2 atom stereocenters. The summed E-state index contributed by atoms with van der Waals surface area (Å²) in [7, 11) is 1.76. The van der Waals surface area contributed by atoms with Crippen LogP contribution in [0.1, 0.15) is 56.6 Å². The number of ether oxygens (including phenoxy) is 1. The van der Waals surface area contributed by atoms with Crippen molar-refractivity contribution in [3.05, 3.63) is 35.4 Å². The molecule has 2 unspecified atom stereocenters. The lowest BCUT2D eigenvalue weighted by atomic mass is 9.98. The Balaban J connectivity index is 1.85. The van der Waals surface area contributed by atoms with Gasteiger partial charge < -0.3 is 10.1 Å². The second kappa shape index (κ2) is 8.43. The molecule has 20 heavy (non-hydrogen) atoms. The number of rotatable bonds is 6. The Morgan fingerprint density at radius 3 is 2.65 bits per heavy atom. The van der Waals surface area contributed by atoms with Crippen LogP contribution in [0.5, 0.6) is 0 Å². The zero-order valence-electron chi connectivity index (χ0n) is 13.0. The maximum Gasteiger partial charge on any atom is 0.0716 e. The predicted octanol–water partition coefficient (Wildman–Crippen LogP) is 4.28. The highest BCUT2D eigenvalue weighted by Gasteiger charge is 2.17. The van der Waals surface area contributed by atoms with Gasteiger partial charge in [-0.1, -0.05) is 50.5 Å². The lowest BCUT2D eigenvalue weighted by molar-refractivity contribution is 0.184. The van der Waals surface area contributed by atoms with Crippen LogP contribution < -0.4 is 5.32 Å². The lowest BCUT2D eigenvalue weighted by Gasteiger charge is -2.18. The lowest BCUT2D eigenvalue weighted by Crippen LogP contribution is -2.28. The number of hydrogen-bond acceptors (Lipinski definition) is 2. The van der Waals surface area contributed by atoms with Gasteiger partial charge in [0.25, 0.3) is 0 Å². The molecule has 2 rings (SSSR count). The fraction of sp³-hybridized carbons (Fsp3) is 0.667. The molecule has 2 nitrogen and oxygen atoms in total. The van der Waals surface area contributed by atoms with E-state index in [9.17, 15) is 0 Å². The standard InChI is InChI=1S/C18H29NO/c1-3-15-7-6-10-18(12-11-15)19-13-16-8-4-5-9-17(16)14-20-2/h4-5,8-9,15,18-19H,3,6-7,10-14H2,1-2H3. The SMILES string of the molecule is CCC1CCCC(NCc2ccccc2COC)CC1. The maximum atomic E-state index is 5.28. The molecule has 112 valence electrons. The Morgan fingerprint density at radius 2 is 1.90 bits per heavy atom. The van der Waals surface area contributed by atoms with Crippen LogP contribution in [0.2, 0.25) is 0 Å². The van der Waals surface area contributed by atoms with Gasteiger partial charge in [0.15, 0.2) is 0 Å². The van der Waals surface area contributed by atoms with E-state index in [1.165, 1.54) is 49.7 Å². The van der Waals surface area contributed by atoms with E-state index in [2.05, 4.69) is 36.5 Å². The highest BCUT2D eigenvalue weighted by atomic mass is 16.5. The second-order valence-corrected chi connectivity index (χ2v) is 6.06. The van der Waals surface area contributed by atoms with Crippen molar-refractivity contribution in [1.82, 2.24) is 5.32 Å². The Kier molecular flexibility index (Phi) is 6.55. The van der Waals surface area contributed by atoms with Crippen LogP contribution in [0.25, 0.3) is 0 Å². The molecule has 0 saturated heterocycles. The van der Waals surface area contributed by atoms with E-state index in [1.807, 2.05) is 0 Å². The van der Waals surface area contributed by atoms with Crippen LogP contribution in [-0.4, -0.2) is 13.2 Å². The van der Waals surface area contributed by atoms with Crippen LogP contribution in [0.3, 0.4) is 0 Å². The first-order chi connectivity index (χ1) is 9.83. The Hall–Kier alpha value is -0.860. The molecule has 2 heteroatoms. The topological polar surface area (TPSA) is 21.3 Å². The van der Waals surface area contributed by atoms with Gasteiger partial charge in [-0.25, -0.2) is 0 Å². The molecule has 0 bridgehead atoms. The zero-order valence-corrected chi connectivity index (χ0v) is 13.0. The summed E-state index contributed by atoms with van der Waals surface area (Å²) in [6, 6.07) is 9.29. The quantitative estimate of drug-likeness (QED) is 0.782. The Labute approximate surface area is 123 Å². The fourth-order valence-corrected chi connectivity index (χ4v) is 3.27. The largest absolute Gasteiger partial charge is 0.380 e. The summed E-state index contributed by atoms with van der Waals surface area (Å²) in [5.41, 5.74) is 2.69. The third-order valence-electron chi connectivity index (χ3n) is 4.67. The van der Waals surface area contributed by atoms with Crippen molar-refractivity contribution < 1.29 is 4.74 Å². The van der Waals surface area contributed by atoms with E-state index in [0.717, 1.165) is 12.5 Å². The van der Waals surface area contributed by atoms with E-state index in [1.54, 1.807) is 7.11 Å². The van der Waals surface area contributed by atoms with Gasteiger partial charge in [0, 0.05) is 19.7 Å². The van der Waals surface area contributed by atoms with Crippen molar-refractivity contribution in [2.45, 2.75) is 64.6 Å². The molecule has 0 spiro atoms. The average Bonchev–Trinajstić information content (AvgIpc) is 2.72. The predicted molar refractivity (Wildman–Crippen MR) is 84.6 cm³/mol. The minimum atomic E-state index is 0.696. The molecule has 1 N–H and O–H groups in total. The molecular formula is C18H29NO. The first-order valence-electron chi connectivity index (χ1n) is 8.12. The van der Waals surface area contributed by atoms with Gasteiger partial charge in [0.2, 0.25) is 0 Å². The smallest absolute Gasteiger partial charge is 0.0716 e. The summed E-state index contributed by atoms with van der Waals surface area (Å²) in [6.45, 7) is 4.01. The molecule has 1 aliphatic carbocycles. The van der Waals surface area contributed by atoms with Crippen LogP contribution in [-0.2, 0) is 17.9 Å². The fourth-order valence-electron chi connectivity index (χ4n) is 3.27. The average molecular weight is 275 g/mol. The maximum absolute atomic E-state index is 5.28. The number of nitrogens with one attached hydrogen (secondary N) is 1. The van der Waals surface area contributed by atoms with Crippen molar-refractivity contribution in [2.75, 3.05) is 7.11 Å². The molecular weight excluding hydrogens is 246 g/mol. The van der Waals surface area contributed by atoms with E-state index >= 15 is 0 Å². The summed E-state index contributed by atoms with van der Waals surface area (Å²) in [5, 5.41) is 3.77. The molecule has 1 aromatic carbocycles. The summed E-state index contributed by atoms with van der Waals surface area (Å²) in [5.74, 6) is 0.961. The van der Waals surface area contributed by atoms with Crippen LogP contribution in [0, 0.1) is 5.92 Å². The molecule has 0 amide bonds. The van der Waals surface area contributed by atoms with Gasteiger partial charge in [-0.2, -0.15) is 0 Å². The molecule has 1 aromatic rings. The highest BCUT2D eigenvalue weighted by Crippen LogP contribution is 2.25. The zero-order chi connectivity index (χ0) is 14.2. The Bertz CT molecular complexity index is 391. The minimum Gasteiger partial charge on any atom is -0.380 e. The van der Waals surface area contributed by atoms with Gasteiger partial charge in [0.05, 0.1) is 6.61 Å². The molecule has 1 saturated carbocycles. The van der Waals surface area contributed by atoms with Crippen molar-refractivity contribution in [2.24, 2.45) is 5.92 Å². The van der Waals surface area contributed by atoms with E-state index < -0.39 is 0 Å². The van der Waals surface area contributed by atoms with Gasteiger partial charge >= 0.3 is 0 Å². The first-order valence-corrected chi connectivity index (χ1v) is 8.12. The minimum absolute atomic E-state index is 0.696. The van der Waals surface area contributed by atoms with Gasteiger partial charge in [0.1, 0.15) is 0 Å². The number of benzene rings is 1.